The van der Waals surface area contributed by atoms with Crippen LogP contribution in [0.3, 0.4) is 0 Å². The van der Waals surface area contributed by atoms with E-state index in [1.54, 1.807) is 6.08 Å². The zero-order valence-corrected chi connectivity index (χ0v) is 21.0. The fourth-order valence-electron chi connectivity index (χ4n) is 4.12. The summed E-state index contributed by atoms with van der Waals surface area (Å²) >= 11 is 0. The molecule has 0 unspecified atom stereocenters. The molecule has 0 saturated heterocycles. The Balaban J connectivity index is 2.06. The maximum atomic E-state index is 12.0. The predicted octanol–water partition coefficient (Wildman–Crippen LogP) is 8.55. The van der Waals surface area contributed by atoms with Gasteiger partial charge in [-0.3, -0.25) is 0 Å². The van der Waals surface area contributed by atoms with Gasteiger partial charge in [-0.05, 0) is 55.9 Å². The SMILES string of the molecule is C/C(=C\C(=O)OCCCc1ccccc1)CCC[C@H](C)CCC[C@H](C)CCCC(C)C. The molecule has 176 valence electrons. The minimum atomic E-state index is -0.190. The summed E-state index contributed by atoms with van der Waals surface area (Å²) in [4.78, 5) is 12.0. The Morgan fingerprint density at radius 3 is 2.03 bits per heavy atom. The molecule has 0 saturated carbocycles. The van der Waals surface area contributed by atoms with E-state index in [9.17, 15) is 4.79 Å². The summed E-state index contributed by atoms with van der Waals surface area (Å²) in [6, 6.07) is 10.3. The number of rotatable bonds is 17. The lowest BCUT2D eigenvalue weighted by molar-refractivity contribution is -0.137. The average molecular weight is 429 g/mol. The van der Waals surface area contributed by atoms with Crippen LogP contribution in [0.4, 0.5) is 0 Å². The van der Waals surface area contributed by atoms with Crippen molar-refractivity contribution >= 4 is 5.97 Å². The summed E-state index contributed by atoms with van der Waals surface area (Å²) in [6.45, 7) is 12.0. The largest absolute Gasteiger partial charge is 0.463 e. The zero-order chi connectivity index (χ0) is 22.9. The van der Waals surface area contributed by atoms with Crippen LogP contribution in [0.5, 0.6) is 0 Å². The normalized spacial score (nSPS) is 13.9. The fourth-order valence-corrected chi connectivity index (χ4v) is 4.12. The van der Waals surface area contributed by atoms with Crippen molar-refractivity contribution in [2.24, 2.45) is 17.8 Å². The number of carbonyl (C=O) groups is 1. The first-order valence-corrected chi connectivity index (χ1v) is 12.7. The van der Waals surface area contributed by atoms with Gasteiger partial charge < -0.3 is 4.74 Å². The maximum Gasteiger partial charge on any atom is 0.330 e. The van der Waals surface area contributed by atoms with Gasteiger partial charge in [0.1, 0.15) is 0 Å². The maximum absolute atomic E-state index is 12.0. The van der Waals surface area contributed by atoms with Crippen molar-refractivity contribution in [1.29, 1.82) is 0 Å². The van der Waals surface area contributed by atoms with E-state index >= 15 is 0 Å². The second-order valence-electron chi connectivity index (χ2n) is 10.1. The Hall–Kier alpha value is -1.57. The topological polar surface area (TPSA) is 26.3 Å². The first kappa shape index (κ1) is 27.5. The molecule has 0 fully saturated rings. The lowest BCUT2D eigenvalue weighted by atomic mass is 9.91. The third-order valence-corrected chi connectivity index (χ3v) is 6.20. The van der Waals surface area contributed by atoms with Crippen LogP contribution in [0.15, 0.2) is 42.0 Å². The molecule has 0 aliphatic heterocycles. The number of hydrogen-bond donors (Lipinski definition) is 0. The van der Waals surface area contributed by atoms with Crippen molar-refractivity contribution in [1.82, 2.24) is 0 Å². The van der Waals surface area contributed by atoms with Crippen LogP contribution >= 0.6 is 0 Å². The predicted molar refractivity (Wildman–Crippen MR) is 134 cm³/mol. The Morgan fingerprint density at radius 2 is 1.42 bits per heavy atom. The Labute approximate surface area is 192 Å². The van der Waals surface area contributed by atoms with E-state index < -0.39 is 0 Å². The molecular weight excluding hydrogens is 380 g/mol. The molecule has 0 aliphatic rings. The molecule has 0 spiro atoms. The summed E-state index contributed by atoms with van der Waals surface area (Å²) in [5.74, 6) is 2.30. The summed E-state index contributed by atoms with van der Waals surface area (Å²) < 4.78 is 5.36. The Morgan fingerprint density at radius 1 is 0.839 bits per heavy atom. The highest BCUT2D eigenvalue weighted by Gasteiger charge is 2.07. The number of allylic oxidation sites excluding steroid dienone is 1. The first-order valence-electron chi connectivity index (χ1n) is 12.7. The van der Waals surface area contributed by atoms with Gasteiger partial charge in [0.05, 0.1) is 6.61 Å². The molecule has 0 N–H and O–H groups in total. The first-order chi connectivity index (χ1) is 14.9. The molecule has 0 radical (unpaired) electrons. The number of ether oxygens (including phenoxy) is 1. The van der Waals surface area contributed by atoms with Gasteiger partial charge in [0.15, 0.2) is 0 Å². The van der Waals surface area contributed by atoms with Gasteiger partial charge in [-0.25, -0.2) is 4.79 Å². The van der Waals surface area contributed by atoms with Gasteiger partial charge in [0, 0.05) is 6.08 Å². The summed E-state index contributed by atoms with van der Waals surface area (Å²) in [5.41, 5.74) is 2.43. The van der Waals surface area contributed by atoms with Crippen LogP contribution < -0.4 is 0 Å². The van der Waals surface area contributed by atoms with Crippen molar-refractivity contribution in [3.05, 3.63) is 47.5 Å². The quantitative estimate of drug-likeness (QED) is 0.141. The molecule has 0 amide bonds. The Bertz CT molecular complexity index is 602. The highest BCUT2D eigenvalue weighted by atomic mass is 16.5. The second-order valence-corrected chi connectivity index (χ2v) is 10.1. The Kier molecular flexibility index (Phi) is 15.1. The van der Waals surface area contributed by atoms with Gasteiger partial charge in [-0.15, -0.1) is 0 Å². The van der Waals surface area contributed by atoms with E-state index in [0.717, 1.165) is 49.0 Å². The lowest BCUT2D eigenvalue weighted by Crippen LogP contribution is -2.04. The zero-order valence-electron chi connectivity index (χ0n) is 21.0. The fraction of sp³-hybridized carbons (Fsp3) is 0.690. The van der Waals surface area contributed by atoms with Crippen LogP contribution in [0.2, 0.25) is 0 Å². The third-order valence-electron chi connectivity index (χ3n) is 6.20. The minimum Gasteiger partial charge on any atom is -0.463 e. The van der Waals surface area contributed by atoms with Gasteiger partial charge in [-0.2, -0.15) is 0 Å². The summed E-state index contributed by atoms with van der Waals surface area (Å²) in [6.07, 6.45) is 15.1. The van der Waals surface area contributed by atoms with Gasteiger partial charge in [-0.1, -0.05) is 109 Å². The highest BCUT2D eigenvalue weighted by Crippen LogP contribution is 2.22. The van der Waals surface area contributed by atoms with Crippen molar-refractivity contribution in [3.8, 4) is 0 Å². The van der Waals surface area contributed by atoms with E-state index in [2.05, 4.69) is 46.8 Å². The minimum absolute atomic E-state index is 0.190. The van der Waals surface area contributed by atoms with E-state index in [0.29, 0.717) is 6.61 Å². The van der Waals surface area contributed by atoms with Gasteiger partial charge in [0.25, 0.3) is 0 Å². The number of esters is 1. The van der Waals surface area contributed by atoms with E-state index in [1.807, 2.05) is 18.2 Å². The van der Waals surface area contributed by atoms with Crippen LogP contribution in [-0.2, 0) is 16.0 Å². The van der Waals surface area contributed by atoms with Crippen LogP contribution in [0.1, 0.15) is 104 Å². The van der Waals surface area contributed by atoms with Crippen molar-refractivity contribution in [2.75, 3.05) is 6.61 Å². The third kappa shape index (κ3) is 15.8. The summed E-state index contributed by atoms with van der Waals surface area (Å²) in [7, 11) is 0. The number of hydrogen-bond acceptors (Lipinski definition) is 2. The average Bonchev–Trinajstić information content (AvgIpc) is 2.71. The molecular formula is C29H48O2. The monoisotopic (exact) mass is 428 g/mol. The van der Waals surface area contributed by atoms with Crippen LogP contribution in [-0.4, -0.2) is 12.6 Å². The van der Waals surface area contributed by atoms with Crippen molar-refractivity contribution in [2.45, 2.75) is 105 Å². The van der Waals surface area contributed by atoms with Crippen molar-refractivity contribution in [3.63, 3.8) is 0 Å². The van der Waals surface area contributed by atoms with Crippen LogP contribution in [0.25, 0.3) is 0 Å². The number of aryl methyl sites for hydroxylation is 1. The lowest BCUT2D eigenvalue weighted by Gasteiger charge is -2.15. The highest BCUT2D eigenvalue weighted by molar-refractivity contribution is 5.82. The van der Waals surface area contributed by atoms with E-state index in [4.69, 9.17) is 4.74 Å². The van der Waals surface area contributed by atoms with E-state index in [-0.39, 0.29) is 5.97 Å². The molecule has 1 rings (SSSR count). The van der Waals surface area contributed by atoms with Crippen LogP contribution in [0, 0.1) is 17.8 Å². The second kappa shape index (κ2) is 17.0. The molecule has 2 nitrogen and oxygen atoms in total. The molecule has 0 aromatic heterocycles. The molecule has 1 aromatic carbocycles. The smallest absolute Gasteiger partial charge is 0.330 e. The van der Waals surface area contributed by atoms with Gasteiger partial charge >= 0.3 is 5.97 Å². The molecule has 0 bridgehead atoms. The molecule has 31 heavy (non-hydrogen) atoms. The standard InChI is InChI=1S/C29H48O2/c1-24(2)13-9-14-25(3)15-10-16-26(4)17-11-18-27(5)23-29(30)31-22-12-21-28-19-7-6-8-20-28/h6-8,19-20,23-26H,9-18,21-22H2,1-5H3/b27-23+/t25-,26-/m1/s1. The summed E-state index contributed by atoms with van der Waals surface area (Å²) in [5, 5.41) is 0. The molecule has 2 heteroatoms. The molecule has 0 aliphatic carbocycles. The van der Waals surface area contributed by atoms with Gasteiger partial charge in [0.2, 0.25) is 0 Å². The molecule has 2 atom stereocenters. The molecule has 0 heterocycles. The molecule has 1 aromatic rings. The number of carbonyl (C=O) groups excluding carboxylic acids is 1. The number of benzene rings is 1. The van der Waals surface area contributed by atoms with Crippen molar-refractivity contribution < 1.29 is 9.53 Å². The van der Waals surface area contributed by atoms with E-state index in [1.165, 1.54) is 50.5 Å².